The van der Waals surface area contributed by atoms with Crippen molar-refractivity contribution in [2.24, 2.45) is 0 Å². The topological polar surface area (TPSA) is 91.5 Å². The van der Waals surface area contributed by atoms with Gasteiger partial charge in [0.15, 0.2) is 5.13 Å². The third kappa shape index (κ3) is 3.94. The van der Waals surface area contributed by atoms with E-state index in [1.807, 2.05) is 10.3 Å². The number of hydrogen-bond donors (Lipinski definition) is 3. The number of aliphatic hydroxyl groups is 1. The summed E-state index contributed by atoms with van der Waals surface area (Å²) in [5.41, 5.74) is 6.29. The minimum absolute atomic E-state index is 0.0457. The molecule has 1 aliphatic heterocycles. The second-order valence-corrected chi connectivity index (χ2v) is 5.37. The van der Waals surface area contributed by atoms with Crippen LogP contribution in [0.15, 0.2) is 5.38 Å². The molecule has 100 valence electrons. The molecule has 0 saturated carbocycles. The van der Waals surface area contributed by atoms with Crippen LogP contribution in [-0.2, 0) is 11.3 Å². The summed E-state index contributed by atoms with van der Waals surface area (Å²) in [4.78, 5) is 17.7. The molecular weight excluding hydrogens is 252 g/mol. The molecule has 1 aliphatic rings. The molecule has 1 atom stereocenters. The molecule has 0 aromatic carbocycles. The minimum Gasteiger partial charge on any atom is -0.392 e. The lowest BCUT2D eigenvalue weighted by Crippen LogP contribution is -2.44. The maximum Gasteiger partial charge on any atom is 0.234 e. The summed E-state index contributed by atoms with van der Waals surface area (Å²) in [6.07, 6.45) is 1.47. The molecule has 0 radical (unpaired) electrons. The standard InChI is InChI=1S/C11H18N4O2S/c12-11-14-8(7-18-11)4-13-10(17)6-15-3-1-2-9(16)5-15/h7,9,16H,1-6H2,(H2,12,14)(H,13,17)/t9-/m0/s1. The van der Waals surface area contributed by atoms with Crippen LogP contribution in [0.3, 0.4) is 0 Å². The van der Waals surface area contributed by atoms with Crippen molar-refractivity contribution >= 4 is 22.4 Å². The molecule has 1 aromatic rings. The van der Waals surface area contributed by atoms with Crippen LogP contribution >= 0.6 is 11.3 Å². The fourth-order valence-electron chi connectivity index (χ4n) is 2.03. The number of nitrogens with one attached hydrogen (secondary N) is 1. The molecule has 1 fully saturated rings. The number of hydrogen-bond acceptors (Lipinski definition) is 6. The lowest BCUT2D eigenvalue weighted by atomic mass is 10.1. The number of amides is 1. The van der Waals surface area contributed by atoms with E-state index in [2.05, 4.69) is 10.3 Å². The Morgan fingerprint density at radius 1 is 1.72 bits per heavy atom. The zero-order chi connectivity index (χ0) is 13.0. The van der Waals surface area contributed by atoms with Crippen LogP contribution in [0, 0.1) is 0 Å². The van der Waals surface area contributed by atoms with Crippen LogP contribution in [0.25, 0.3) is 0 Å². The van der Waals surface area contributed by atoms with Gasteiger partial charge in [-0.2, -0.15) is 0 Å². The summed E-state index contributed by atoms with van der Waals surface area (Å²) in [6.45, 7) is 2.19. The average molecular weight is 270 g/mol. The van der Waals surface area contributed by atoms with Crippen LogP contribution in [0.4, 0.5) is 5.13 Å². The van der Waals surface area contributed by atoms with Gasteiger partial charge < -0.3 is 16.2 Å². The van der Waals surface area contributed by atoms with Crippen molar-refractivity contribution in [1.29, 1.82) is 0 Å². The van der Waals surface area contributed by atoms with Crippen LogP contribution in [0.1, 0.15) is 18.5 Å². The van der Waals surface area contributed by atoms with E-state index in [9.17, 15) is 9.90 Å². The second kappa shape index (κ2) is 6.12. The van der Waals surface area contributed by atoms with Crippen molar-refractivity contribution in [2.75, 3.05) is 25.4 Å². The Hall–Kier alpha value is -1.18. The monoisotopic (exact) mass is 270 g/mol. The Morgan fingerprint density at radius 3 is 3.22 bits per heavy atom. The Balaban J connectivity index is 1.71. The summed E-state index contributed by atoms with van der Waals surface area (Å²) in [5, 5.41) is 14.7. The smallest absolute Gasteiger partial charge is 0.234 e. The highest BCUT2D eigenvalue weighted by atomic mass is 32.1. The highest BCUT2D eigenvalue weighted by Gasteiger charge is 2.19. The summed E-state index contributed by atoms with van der Waals surface area (Å²) >= 11 is 1.36. The van der Waals surface area contributed by atoms with E-state index in [1.54, 1.807) is 0 Å². The number of thiazole rings is 1. The van der Waals surface area contributed by atoms with E-state index < -0.39 is 0 Å². The second-order valence-electron chi connectivity index (χ2n) is 4.48. The molecule has 6 nitrogen and oxygen atoms in total. The third-order valence-electron chi connectivity index (χ3n) is 2.88. The molecule has 0 bridgehead atoms. The lowest BCUT2D eigenvalue weighted by molar-refractivity contribution is -0.123. The molecule has 18 heavy (non-hydrogen) atoms. The van der Waals surface area contributed by atoms with Crippen molar-refractivity contribution < 1.29 is 9.90 Å². The van der Waals surface area contributed by atoms with Crippen molar-refractivity contribution in [3.05, 3.63) is 11.1 Å². The maximum atomic E-state index is 11.7. The minimum atomic E-state index is -0.301. The molecule has 1 aromatic heterocycles. The van der Waals surface area contributed by atoms with Crippen LogP contribution in [0.2, 0.25) is 0 Å². The number of carbonyl (C=O) groups is 1. The molecule has 7 heteroatoms. The quantitative estimate of drug-likeness (QED) is 0.704. The van der Waals surface area contributed by atoms with Crippen molar-refractivity contribution in [1.82, 2.24) is 15.2 Å². The average Bonchev–Trinajstić information content (AvgIpc) is 2.73. The Kier molecular flexibility index (Phi) is 4.51. The number of piperidine rings is 1. The van der Waals surface area contributed by atoms with Gasteiger partial charge in [-0.1, -0.05) is 0 Å². The van der Waals surface area contributed by atoms with Gasteiger partial charge >= 0.3 is 0 Å². The molecule has 0 aliphatic carbocycles. The number of aliphatic hydroxyl groups excluding tert-OH is 1. The zero-order valence-electron chi connectivity index (χ0n) is 10.1. The largest absolute Gasteiger partial charge is 0.392 e. The first-order valence-corrected chi connectivity index (χ1v) is 6.88. The van der Waals surface area contributed by atoms with Crippen molar-refractivity contribution in [3.63, 3.8) is 0 Å². The normalized spacial score (nSPS) is 20.8. The molecule has 2 rings (SSSR count). The van der Waals surface area contributed by atoms with Gasteiger partial charge in [0, 0.05) is 11.9 Å². The number of β-amino-alcohol motifs (C(OH)–C–C–N with tert-alkyl or cyclic N) is 1. The Labute approximate surface area is 110 Å². The van der Waals surface area contributed by atoms with Gasteiger partial charge in [-0.05, 0) is 19.4 Å². The number of nitrogens with two attached hydrogens (primary N) is 1. The Morgan fingerprint density at radius 2 is 2.56 bits per heavy atom. The molecular formula is C11H18N4O2S. The number of carbonyl (C=O) groups excluding carboxylic acids is 1. The van der Waals surface area contributed by atoms with Gasteiger partial charge in [0.05, 0.1) is 24.9 Å². The molecule has 0 spiro atoms. The summed E-state index contributed by atoms with van der Waals surface area (Å²) in [7, 11) is 0. The van der Waals surface area contributed by atoms with Gasteiger partial charge in [0.25, 0.3) is 0 Å². The first-order chi connectivity index (χ1) is 8.63. The maximum absolute atomic E-state index is 11.7. The van der Waals surface area contributed by atoms with Crippen molar-refractivity contribution in [2.45, 2.75) is 25.5 Å². The van der Waals surface area contributed by atoms with E-state index in [-0.39, 0.29) is 12.0 Å². The van der Waals surface area contributed by atoms with E-state index >= 15 is 0 Å². The summed E-state index contributed by atoms with van der Waals surface area (Å²) in [6, 6.07) is 0. The Bertz CT molecular complexity index is 410. The predicted octanol–water partition coefficient (Wildman–Crippen LogP) is -0.202. The summed E-state index contributed by atoms with van der Waals surface area (Å²) < 4.78 is 0. The van der Waals surface area contributed by atoms with Gasteiger partial charge in [0.1, 0.15) is 0 Å². The van der Waals surface area contributed by atoms with Crippen LogP contribution < -0.4 is 11.1 Å². The number of likely N-dealkylation sites (tertiary alicyclic amines) is 1. The fraction of sp³-hybridized carbons (Fsp3) is 0.636. The zero-order valence-corrected chi connectivity index (χ0v) is 10.9. The van der Waals surface area contributed by atoms with Gasteiger partial charge in [0.2, 0.25) is 5.91 Å². The van der Waals surface area contributed by atoms with Crippen LogP contribution in [-0.4, -0.2) is 46.6 Å². The number of nitrogens with zero attached hydrogens (tertiary/aromatic N) is 2. The van der Waals surface area contributed by atoms with E-state index in [1.165, 1.54) is 11.3 Å². The van der Waals surface area contributed by atoms with Gasteiger partial charge in [-0.3, -0.25) is 9.69 Å². The van der Waals surface area contributed by atoms with E-state index in [4.69, 9.17) is 5.73 Å². The number of nitrogen functional groups attached to an aromatic ring is 1. The molecule has 2 heterocycles. The number of rotatable bonds is 4. The molecule has 1 amide bonds. The highest BCUT2D eigenvalue weighted by molar-refractivity contribution is 7.13. The van der Waals surface area contributed by atoms with E-state index in [0.717, 1.165) is 25.1 Å². The summed E-state index contributed by atoms with van der Waals surface area (Å²) in [5.74, 6) is -0.0457. The number of aromatic nitrogens is 1. The highest BCUT2D eigenvalue weighted by Crippen LogP contribution is 2.11. The van der Waals surface area contributed by atoms with Crippen molar-refractivity contribution in [3.8, 4) is 0 Å². The molecule has 1 saturated heterocycles. The van der Waals surface area contributed by atoms with Crippen LogP contribution in [0.5, 0.6) is 0 Å². The fourth-order valence-corrected chi connectivity index (χ4v) is 2.59. The SMILES string of the molecule is Nc1nc(CNC(=O)CN2CCC[C@H](O)C2)cs1. The first kappa shape index (κ1) is 13.3. The van der Waals surface area contributed by atoms with Gasteiger partial charge in [-0.25, -0.2) is 4.98 Å². The predicted molar refractivity (Wildman–Crippen MR) is 70.1 cm³/mol. The first-order valence-electron chi connectivity index (χ1n) is 6.00. The third-order valence-corrected chi connectivity index (χ3v) is 3.61. The van der Waals surface area contributed by atoms with Gasteiger partial charge in [-0.15, -0.1) is 11.3 Å². The molecule has 4 N–H and O–H groups in total. The number of anilines is 1. The van der Waals surface area contributed by atoms with E-state index in [0.29, 0.717) is 24.8 Å². The lowest BCUT2D eigenvalue weighted by Gasteiger charge is -2.29. The molecule has 0 unspecified atom stereocenters.